The number of benzene rings is 2. The molecular weight excluding hydrogens is 388 g/mol. The standard InChI is InChI=1S/C21H20N4O3S/c1-3-27-15-7-5-14(6-8-15)20-24-19(28-25-20)11-10-18(26)23-21-22-16-9-4-13(2)12-17(16)29-21/h4-9,12H,3,10-11H2,1-2H3,(H,22,23,26). The van der Waals surface area contributed by atoms with Gasteiger partial charge in [0.05, 0.1) is 16.8 Å². The van der Waals surface area contributed by atoms with Gasteiger partial charge in [0.15, 0.2) is 5.13 Å². The van der Waals surface area contributed by atoms with Crippen molar-refractivity contribution in [2.24, 2.45) is 0 Å². The minimum atomic E-state index is -0.137. The van der Waals surface area contributed by atoms with Gasteiger partial charge in [-0.2, -0.15) is 4.98 Å². The minimum Gasteiger partial charge on any atom is -0.494 e. The van der Waals surface area contributed by atoms with Crippen LogP contribution in [0.3, 0.4) is 0 Å². The van der Waals surface area contributed by atoms with Crippen molar-refractivity contribution >= 4 is 32.6 Å². The molecular formula is C21H20N4O3S. The number of hydrogen-bond donors (Lipinski definition) is 1. The van der Waals surface area contributed by atoms with E-state index >= 15 is 0 Å². The molecule has 0 bridgehead atoms. The van der Waals surface area contributed by atoms with Crippen molar-refractivity contribution in [3.8, 4) is 17.1 Å². The fraction of sp³-hybridized carbons (Fsp3) is 0.238. The molecule has 2 heterocycles. The number of hydrogen-bond acceptors (Lipinski definition) is 7. The summed E-state index contributed by atoms with van der Waals surface area (Å²) in [5, 5.41) is 7.43. The van der Waals surface area contributed by atoms with Crippen LogP contribution >= 0.6 is 11.3 Å². The largest absolute Gasteiger partial charge is 0.494 e. The number of nitrogens with one attached hydrogen (secondary N) is 1. The first-order valence-electron chi connectivity index (χ1n) is 9.33. The number of thiazole rings is 1. The molecule has 0 aliphatic heterocycles. The molecule has 4 aromatic rings. The average Bonchev–Trinajstić information content (AvgIpc) is 3.33. The number of aryl methyl sites for hydroxylation is 2. The van der Waals surface area contributed by atoms with Crippen molar-refractivity contribution in [1.29, 1.82) is 0 Å². The van der Waals surface area contributed by atoms with Crippen LogP contribution in [-0.4, -0.2) is 27.6 Å². The van der Waals surface area contributed by atoms with Gasteiger partial charge in [-0.25, -0.2) is 4.98 Å². The lowest BCUT2D eigenvalue weighted by Gasteiger charge is -2.02. The molecule has 0 aliphatic carbocycles. The van der Waals surface area contributed by atoms with Crippen LogP contribution in [0.15, 0.2) is 47.0 Å². The van der Waals surface area contributed by atoms with Crippen LogP contribution in [0.4, 0.5) is 5.13 Å². The van der Waals surface area contributed by atoms with E-state index in [0.29, 0.717) is 29.9 Å². The molecule has 2 aromatic heterocycles. The third-order valence-corrected chi connectivity index (χ3v) is 5.18. The molecule has 0 atom stereocenters. The van der Waals surface area contributed by atoms with Gasteiger partial charge in [-0.15, -0.1) is 0 Å². The molecule has 0 saturated carbocycles. The number of carbonyl (C=O) groups excluding carboxylic acids is 1. The zero-order valence-electron chi connectivity index (χ0n) is 16.1. The number of carbonyl (C=O) groups is 1. The predicted octanol–water partition coefficient (Wildman–Crippen LogP) is 4.62. The summed E-state index contributed by atoms with van der Waals surface area (Å²) in [6.07, 6.45) is 0.597. The van der Waals surface area contributed by atoms with Gasteiger partial charge in [0.1, 0.15) is 5.75 Å². The Morgan fingerprint density at radius 3 is 2.79 bits per heavy atom. The molecule has 0 saturated heterocycles. The van der Waals surface area contributed by atoms with Crippen molar-refractivity contribution in [2.75, 3.05) is 11.9 Å². The van der Waals surface area contributed by atoms with Crippen LogP contribution in [0, 0.1) is 6.92 Å². The van der Waals surface area contributed by atoms with E-state index in [1.807, 2.05) is 50.2 Å². The molecule has 2 aromatic carbocycles. The molecule has 0 aliphatic rings. The molecule has 29 heavy (non-hydrogen) atoms. The molecule has 7 nitrogen and oxygen atoms in total. The van der Waals surface area contributed by atoms with E-state index in [1.54, 1.807) is 0 Å². The van der Waals surface area contributed by atoms with Crippen LogP contribution in [0.1, 0.15) is 24.8 Å². The normalized spacial score (nSPS) is 11.0. The van der Waals surface area contributed by atoms with Gasteiger partial charge < -0.3 is 14.6 Å². The molecule has 0 spiro atoms. The Balaban J connectivity index is 1.34. The van der Waals surface area contributed by atoms with Crippen LogP contribution < -0.4 is 10.1 Å². The van der Waals surface area contributed by atoms with Crippen LogP contribution in [0.5, 0.6) is 5.75 Å². The lowest BCUT2D eigenvalue weighted by Crippen LogP contribution is -2.12. The van der Waals surface area contributed by atoms with Crippen LogP contribution in [0.25, 0.3) is 21.6 Å². The number of aromatic nitrogens is 3. The van der Waals surface area contributed by atoms with E-state index in [-0.39, 0.29) is 12.3 Å². The summed E-state index contributed by atoms with van der Waals surface area (Å²) in [5.74, 6) is 1.57. The third kappa shape index (κ3) is 4.60. The first-order chi connectivity index (χ1) is 14.1. The van der Waals surface area contributed by atoms with Gasteiger partial charge in [0, 0.05) is 18.4 Å². The van der Waals surface area contributed by atoms with E-state index in [1.165, 1.54) is 16.9 Å². The predicted molar refractivity (Wildman–Crippen MR) is 112 cm³/mol. The van der Waals surface area contributed by atoms with Crippen molar-refractivity contribution in [1.82, 2.24) is 15.1 Å². The van der Waals surface area contributed by atoms with Gasteiger partial charge in [-0.05, 0) is 55.8 Å². The summed E-state index contributed by atoms with van der Waals surface area (Å²) in [6, 6.07) is 13.5. The maximum absolute atomic E-state index is 12.3. The van der Waals surface area contributed by atoms with Gasteiger partial charge in [0.2, 0.25) is 17.6 Å². The lowest BCUT2D eigenvalue weighted by molar-refractivity contribution is -0.116. The fourth-order valence-corrected chi connectivity index (χ4v) is 3.81. The van der Waals surface area contributed by atoms with Gasteiger partial charge in [-0.3, -0.25) is 4.79 Å². The summed E-state index contributed by atoms with van der Waals surface area (Å²) in [6.45, 7) is 4.58. The molecule has 4 rings (SSSR count). The number of nitrogens with zero attached hydrogens (tertiary/aromatic N) is 3. The highest BCUT2D eigenvalue weighted by Gasteiger charge is 2.12. The van der Waals surface area contributed by atoms with Crippen LogP contribution in [0.2, 0.25) is 0 Å². The Morgan fingerprint density at radius 2 is 2.00 bits per heavy atom. The zero-order chi connectivity index (χ0) is 20.2. The SMILES string of the molecule is CCOc1ccc(-c2noc(CCC(=O)Nc3nc4ccc(C)cc4s3)n2)cc1. The lowest BCUT2D eigenvalue weighted by atomic mass is 10.2. The van der Waals surface area contributed by atoms with Crippen LogP contribution in [-0.2, 0) is 11.2 Å². The smallest absolute Gasteiger partial charge is 0.227 e. The number of rotatable bonds is 7. The van der Waals surface area contributed by atoms with E-state index in [0.717, 1.165) is 21.5 Å². The first kappa shape index (κ1) is 19.1. The maximum atomic E-state index is 12.3. The van der Waals surface area contributed by atoms with Crippen molar-refractivity contribution in [2.45, 2.75) is 26.7 Å². The zero-order valence-corrected chi connectivity index (χ0v) is 17.0. The Morgan fingerprint density at radius 1 is 1.17 bits per heavy atom. The number of fused-ring (bicyclic) bond motifs is 1. The van der Waals surface area contributed by atoms with Gasteiger partial charge >= 0.3 is 0 Å². The number of anilines is 1. The second-order valence-electron chi connectivity index (χ2n) is 6.51. The number of ether oxygens (including phenoxy) is 1. The third-order valence-electron chi connectivity index (χ3n) is 4.25. The average molecular weight is 408 g/mol. The molecule has 0 radical (unpaired) electrons. The summed E-state index contributed by atoms with van der Waals surface area (Å²) in [4.78, 5) is 21.1. The first-order valence-corrected chi connectivity index (χ1v) is 10.2. The maximum Gasteiger partial charge on any atom is 0.227 e. The molecule has 0 fully saturated rings. The molecule has 1 amide bonds. The monoisotopic (exact) mass is 408 g/mol. The summed E-state index contributed by atoms with van der Waals surface area (Å²) in [7, 11) is 0. The quantitative estimate of drug-likeness (QED) is 0.480. The van der Waals surface area contributed by atoms with Gasteiger partial charge in [-0.1, -0.05) is 22.6 Å². The molecule has 148 valence electrons. The Bertz CT molecular complexity index is 1130. The summed E-state index contributed by atoms with van der Waals surface area (Å²) < 4.78 is 11.8. The van der Waals surface area contributed by atoms with E-state index < -0.39 is 0 Å². The fourth-order valence-electron chi connectivity index (χ4n) is 2.83. The van der Waals surface area contributed by atoms with E-state index in [4.69, 9.17) is 9.26 Å². The summed E-state index contributed by atoms with van der Waals surface area (Å²) in [5.41, 5.74) is 2.88. The minimum absolute atomic E-state index is 0.137. The van der Waals surface area contributed by atoms with E-state index in [9.17, 15) is 4.79 Å². The highest BCUT2D eigenvalue weighted by atomic mass is 32.1. The second-order valence-corrected chi connectivity index (χ2v) is 7.54. The highest BCUT2D eigenvalue weighted by molar-refractivity contribution is 7.22. The number of amides is 1. The van der Waals surface area contributed by atoms with Crippen molar-refractivity contribution in [3.63, 3.8) is 0 Å². The molecule has 0 unspecified atom stereocenters. The molecule has 8 heteroatoms. The summed E-state index contributed by atoms with van der Waals surface area (Å²) >= 11 is 1.46. The van der Waals surface area contributed by atoms with Gasteiger partial charge in [0.25, 0.3) is 0 Å². The van der Waals surface area contributed by atoms with Crippen molar-refractivity contribution in [3.05, 3.63) is 53.9 Å². The van der Waals surface area contributed by atoms with Crippen molar-refractivity contribution < 1.29 is 14.1 Å². The second kappa shape index (κ2) is 8.40. The topological polar surface area (TPSA) is 90.1 Å². The highest BCUT2D eigenvalue weighted by Crippen LogP contribution is 2.27. The van der Waals surface area contributed by atoms with E-state index in [2.05, 4.69) is 26.5 Å². The molecule has 1 N–H and O–H groups in total. The Hall–Kier alpha value is -3.26. The Labute approximate surface area is 171 Å². The Kier molecular flexibility index (Phi) is 5.53.